The number of amides is 1. The highest BCUT2D eigenvalue weighted by atomic mass is 16.5. The van der Waals surface area contributed by atoms with Crippen LogP contribution in [-0.4, -0.2) is 66.5 Å². The van der Waals surface area contributed by atoms with E-state index in [2.05, 4.69) is 18.7 Å². The van der Waals surface area contributed by atoms with Crippen LogP contribution in [0.2, 0.25) is 0 Å². The number of aliphatic hydroxyl groups excluding tert-OH is 1. The van der Waals surface area contributed by atoms with E-state index in [1.165, 1.54) is 0 Å². The first-order valence-electron chi connectivity index (χ1n) is 13.2. The Labute approximate surface area is 224 Å². The smallest absolute Gasteiger partial charge is 0.295 e. The van der Waals surface area contributed by atoms with Gasteiger partial charge in [0.05, 0.1) is 25.3 Å². The first kappa shape index (κ1) is 27.2. The molecule has 4 rings (SSSR count). The summed E-state index contributed by atoms with van der Waals surface area (Å²) in [6.07, 6.45) is 0.716. The van der Waals surface area contributed by atoms with Crippen LogP contribution in [0, 0.1) is 0 Å². The lowest BCUT2D eigenvalue weighted by molar-refractivity contribution is -0.140. The van der Waals surface area contributed by atoms with Crippen LogP contribution in [0.15, 0.2) is 66.2 Å². The number of ketones is 1. The number of hydrogen-bond donors (Lipinski definition) is 1. The number of carbonyl (C=O) groups is 2. The summed E-state index contributed by atoms with van der Waals surface area (Å²) in [6.45, 7) is 9.67. The van der Waals surface area contributed by atoms with Crippen LogP contribution < -0.4 is 9.47 Å². The van der Waals surface area contributed by atoms with Gasteiger partial charge in [-0.15, -0.1) is 0 Å². The zero-order chi connectivity index (χ0) is 27.2. The van der Waals surface area contributed by atoms with E-state index in [1.54, 1.807) is 18.1 Å². The van der Waals surface area contributed by atoms with Crippen LogP contribution in [-0.2, 0) is 9.59 Å². The predicted octanol–water partition coefficient (Wildman–Crippen LogP) is 5.40. The highest BCUT2D eigenvalue weighted by Gasteiger charge is 2.46. The maximum atomic E-state index is 13.4. The molecule has 1 unspecified atom stereocenters. The quantitative estimate of drug-likeness (QED) is 0.209. The molecule has 7 heteroatoms. The van der Waals surface area contributed by atoms with Gasteiger partial charge in [0.15, 0.2) is 0 Å². The minimum Gasteiger partial charge on any atom is -0.507 e. The van der Waals surface area contributed by atoms with Gasteiger partial charge in [0.25, 0.3) is 11.7 Å². The molecule has 0 aromatic heterocycles. The molecule has 1 saturated heterocycles. The molecule has 1 fully saturated rings. The Hall–Kier alpha value is -3.84. The van der Waals surface area contributed by atoms with Crippen molar-refractivity contribution >= 4 is 28.2 Å². The lowest BCUT2D eigenvalue weighted by atomic mass is 9.94. The Bertz CT molecular complexity index is 1350. The number of carbonyl (C=O) groups excluding carboxylic acids is 2. The summed E-state index contributed by atoms with van der Waals surface area (Å²) >= 11 is 0. The predicted molar refractivity (Wildman–Crippen MR) is 150 cm³/mol. The lowest BCUT2D eigenvalue weighted by Gasteiger charge is -2.27. The van der Waals surface area contributed by atoms with Crippen molar-refractivity contribution in [3.63, 3.8) is 0 Å². The molecule has 1 amide bonds. The standard InChI is InChI=1S/C31H36N2O5/c1-5-32(6-2)16-9-17-33-28(23-10-8-11-26(20-23)38-7-3)27(30(35)31(33)36)29(34)24-13-12-22-19-25(37-4)15-14-21(22)18-24/h8,10-15,18-20,28,34H,5-7,9,16-17H2,1-4H3/b29-27+. The molecule has 1 N–H and O–H groups in total. The van der Waals surface area contributed by atoms with Gasteiger partial charge in [0, 0.05) is 12.1 Å². The molecule has 0 aliphatic carbocycles. The number of hydrogen-bond acceptors (Lipinski definition) is 6. The normalized spacial score (nSPS) is 17.0. The SMILES string of the molecule is CCOc1cccc(C2/C(=C(\O)c3ccc4cc(OC)ccc4c3)C(=O)C(=O)N2CCCN(CC)CC)c1. The maximum Gasteiger partial charge on any atom is 0.295 e. The topological polar surface area (TPSA) is 79.3 Å². The fourth-order valence-electron chi connectivity index (χ4n) is 5.06. The van der Waals surface area contributed by atoms with Gasteiger partial charge in [0.1, 0.15) is 17.3 Å². The van der Waals surface area contributed by atoms with E-state index in [4.69, 9.17) is 9.47 Å². The largest absolute Gasteiger partial charge is 0.507 e. The average molecular weight is 517 g/mol. The van der Waals surface area contributed by atoms with E-state index in [-0.39, 0.29) is 11.3 Å². The van der Waals surface area contributed by atoms with Crippen molar-refractivity contribution in [1.82, 2.24) is 9.80 Å². The van der Waals surface area contributed by atoms with Crippen LogP contribution in [0.5, 0.6) is 11.5 Å². The third-order valence-corrected chi connectivity index (χ3v) is 7.11. The fraction of sp³-hybridized carbons (Fsp3) is 0.355. The molecule has 200 valence electrons. The van der Waals surface area contributed by atoms with Gasteiger partial charge in [-0.05, 0) is 79.6 Å². The van der Waals surface area contributed by atoms with Crippen LogP contribution in [0.3, 0.4) is 0 Å². The van der Waals surface area contributed by atoms with Crippen LogP contribution in [0.4, 0.5) is 0 Å². The highest BCUT2D eigenvalue weighted by molar-refractivity contribution is 6.46. The first-order valence-corrected chi connectivity index (χ1v) is 13.2. The van der Waals surface area contributed by atoms with Gasteiger partial charge in [0.2, 0.25) is 0 Å². The van der Waals surface area contributed by atoms with Gasteiger partial charge in [-0.25, -0.2) is 0 Å². The molecule has 3 aromatic rings. The number of benzene rings is 3. The molecule has 1 atom stereocenters. The van der Waals surface area contributed by atoms with Crippen molar-refractivity contribution in [2.45, 2.75) is 33.2 Å². The van der Waals surface area contributed by atoms with Gasteiger partial charge in [-0.1, -0.05) is 44.2 Å². The highest BCUT2D eigenvalue weighted by Crippen LogP contribution is 2.40. The van der Waals surface area contributed by atoms with E-state index in [0.29, 0.717) is 30.9 Å². The van der Waals surface area contributed by atoms with E-state index >= 15 is 0 Å². The maximum absolute atomic E-state index is 13.4. The number of methoxy groups -OCH3 is 1. The summed E-state index contributed by atoms with van der Waals surface area (Å²) in [5.41, 5.74) is 1.30. The summed E-state index contributed by atoms with van der Waals surface area (Å²) in [7, 11) is 1.61. The monoisotopic (exact) mass is 516 g/mol. The molecule has 1 heterocycles. The zero-order valence-corrected chi connectivity index (χ0v) is 22.6. The number of Topliss-reactive ketones (excluding diaryl/α,β-unsaturated/α-hetero) is 1. The molecular weight excluding hydrogens is 480 g/mol. The van der Waals surface area contributed by atoms with Gasteiger partial charge < -0.3 is 24.4 Å². The van der Waals surface area contributed by atoms with Crippen molar-refractivity contribution < 1.29 is 24.2 Å². The van der Waals surface area contributed by atoms with Gasteiger partial charge >= 0.3 is 0 Å². The molecule has 0 radical (unpaired) electrons. The third-order valence-electron chi connectivity index (χ3n) is 7.11. The summed E-state index contributed by atoms with van der Waals surface area (Å²) < 4.78 is 11.0. The van der Waals surface area contributed by atoms with Gasteiger partial charge in [-0.2, -0.15) is 0 Å². The average Bonchev–Trinajstić information content (AvgIpc) is 3.19. The summed E-state index contributed by atoms with van der Waals surface area (Å²) in [4.78, 5) is 30.6. The molecular formula is C31H36N2O5. The number of aliphatic hydroxyl groups is 1. The van der Waals surface area contributed by atoms with Crippen LogP contribution in [0.25, 0.3) is 16.5 Å². The minimum atomic E-state index is -0.710. The van der Waals surface area contributed by atoms with Crippen molar-refractivity contribution in [1.29, 1.82) is 0 Å². The molecule has 1 aliphatic rings. The Morgan fingerprint density at radius 2 is 1.68 bits per heavy atom. The Morgan fingerprint density at radius 1 is 0.947 bits per heavy atom. The minimum absolute atomic E-state index is 0.0966. The second kappa shape index (κ2) is 12.1. The molecule has 0 saturated carbocycles. The van der Waals surface area contributed by atoms with Crippen molar-refractivity contribution in [3.05, 3.63) is 77.4 Å². The lowest BCUT2D eigenvalue weighted by Crippen LogP contribution is -2.33. The van der Waals surface area contributed by atoms with E-state index in [1.807, 2.05) is 61.5 Å². The summed E-state index contributed by atoms with van der Waals surface area (Å²) in [5, 5.41) is 13.3. The Morgan fingerprint density at radius 3 is 2.39 bits per heavy atom. The van der Waals surface area contributed by atoms with E-state index < -0.39 is 17.7 Å². The second-order valence-electron chi connectivity index (χ2n) is 9.31. The van der Waals surface area contributed by atoms with E-state index in [9.17, 15) is 14.7 Å². The van der Waals surface area contributed by atoms with Gasteiger partial charge in [-0.3, -0.25) is 9.59 Å². The molecule has 3 aromatic carbocycles. The molecule has 7 nitrogen and oxygen atoms in total. The second-order valence-corrected chi connectivity index (χ2v) is 9.31. The fourth-order valence-corrected chi connectivity index (χ4v) is 5.06. The number of fused-ring (bicyclic) bond motifs is 1. The molecule has 0 spiro atoms. The first-order chi connectivity index (χ1) is 18.4. The summed E-state index contributed by atoms with van der Waals surface area (Å²) in [6, 6.07) is 17.8. The molecule has 1 aliphatic heterocycles. The molecule has 0 bridgehead atoms. The van der Waals surface area contributed by atoms with E-state index in [0.717, 1.165) is 41.7 Å². The Balaban J connectivity index is 1.78. The van der Waals surface area contributed by atoms with Crippen LogP contribution >= 0.6 is 0 Å². The Kier molecular flexibility index (Phi) is 8.69. The number of ether oxygens (including phenoxy) is 2. The number of rotatable bonds is 11. The number of nitrogens with zero attached hydrogens (tertiary/aromatic N) is 2. The van der Waals surface area contributed by atoms with Crippen molar-refractivity contribution in [2.75, 3.05) is 39.9 Å². The number of likely N-dealkylation sites (tertiary alicyclic amines) is 1. The summed E-state index contributed by atoms with van der Waals surface area (Å²) in [5.74, 6) is -0.0630. The van der Waals surface area contributed by atoms with Crippen LogP contribution in [0.1, 0.15) is 44.4 Å². The zero-order valence-electron chi connectivity index (χ0n) is 22.6. The van der Waals surface area contributed by atoms with Crippen molar-refractivity contribution in [3.8, 4) is 11.5 Å². The third kappa shape index (κ3) is 5.53. The molecule has 38 heavy (non-hydrogen) atoms. The van der Waals surface area contributed by atoms with Crippen molar-refractivity contribution in [2.24, 2.45) is 0 Å².